The highest BCUT2D eigenvalue weighted by Crippen LogP contribution is 2.47. The van der Waals surface area contributed by atoms with Crippen molar-refractivity contribution in [3.05, 3.63) is 11.3 Å². The number of hydrogen-bond donors (Lipinski definition) is 0. The van der Waals surface area contributed by atoms with Gasteiger partial charge in [-0.25, -0.2) is 4.79 Å². The number of nitrogens with zero attached hydrogens (tertiary/aromatic N) is 1. The van der Waals surface area contributed by atoms with Crippen LogP contribution in [-0.2, 0) is 23.8 Å². The number of ether oxygens (including phenoxy) is 3. The fraction of sp³-hybridized carbons (Fsp3) is 0.714. The lowest BCUT2D eigenvalue weighted by atomic mass is 9.89. The van der Waals surface area contributed by atoms with Gasteiger partial charge < -0.3 is 14.2 Å². The Morgan fingerprint density at radius 3 is 2.45 bits per heavy atom. The van der Waals surface area contributed by atoms with Gasteiger partial charge in [-0.3, -0.25) is 9.69 Å². The van der Waals surface area contributed by atoms with Gasteiger partial charge in [-0.15, -0.1) is 0 Å². The topological polar surface area (TPSA) is 65.1 Å². The van der Waals surface area contributed by atoms with Crippen LogP contribution in [0.5, 0.6) is 0 Å². The summed E-state index contributed by atoms with van der Waals surface area (Å²) in [7, 11) is 2.74. The maximum Gasteiger partial charge on any atom is 0.338 e. The van der Waals surface area contributed by atoms with E-state index in [-0.39, 0.29) is 23.7 Å². The number of methoxy groups -OCH3 is 2. The van der Waals surface area contributed by atoms with E-state index in [4.69, 9.17) is 14.2 Å². The Hall–Kier alpha value is -1.56. The highest BCUT2D eigenvalue weighted by Gasteiger charge is 2.65. The molecule has 0 bridgehead atoms. The van der Waals surface area contributed by atoms with Gasteiger partial charge in [0.2, 0.25) is 0 Å². The fourth-order valence-electron chi connectivity index (χ4n) is 2.93. The lowest BCUT2D eigenvalue weighted by Crippen LogP contribution is -2.56. The number of carbonyl (C=O) groups excluding carboxylic acids is 2. The number of rotatable bonds is 2. The predicted molar refractivity (Wildman–Crippen MR) is 70.5 cm³/mol. The van der Waals surface area contributed by atoms with Gasteiger partial charge >= 0.3 is 5.97 Å². The van der Waals surface area contributed by atoms with Gasteiger partial charge in [0.15, 0.2) is 11.3 Å². The molecule has 1 saturated heterocycles. The van der Waals surface area contributed by atoms with Crippen LogP contribution in [0, 0.1) is 5.41 Å². The van der Waals surface area contributed by atoms with E-state index in [9.17, 15) is 9.59 Å². The molecule has 0 N–H and O–H groups in total. The monoisotopic (exact) mass is 283 g/mol. The summed E-state index contributed by atoms with van der Waals surface area (Å²) < 4.78 is 15.8. The molecule has 2 heterocycles. The lowest BCUT2D eigenvalue weighted by molar-refractivity contribution is -0.157. The zero-order valence-electron chi connectivity index (χ0n) is 12.8. The van der Waals surface area contributed by atoms with Crippen LogP contribution in [0.15, 0.2) is 11.3 Å². The molecule has 2 aliphatic heterocycles. The van der Waals surface area contributed by atoms with Gasteiger partial charge in [0.05, 0.1) is 20.8 Å². The minimum atomic E-state index is -1.20. The molecular weight excluding hydrogens is 262 g/mol. The fourth-order valence-corrected chi connectivity index (χ4v) is 2.93. The van der Waals surface area contributed by atoms with Crippen molar-refractivity contribution in [2.45, 2.75) is 39.5 Å². The summed E-state index contributed by atoms with van der Waals surface area (Å²) in [5.41, 5.74) is -0.979. The second kappa shape index (κ2) is 4.48. The van der Waals surface area contributed by atoms with Crippen LogP contribution in [0.25, 0.3) is 0 Å². The second-order valence-corrected chi connectivity index (χ2v) is 6.21. The largest absolute Gasteiger partial charge is 0.491 e. The molecule has 0 radical (unpaired) electrons. The van der Waals surface area contributed by atoms with Gasteiger partial charge in [-0.05, 0) is 6.92 Å². The van der Waals surface area contributed by atoms with E-state index in [1.165, 1.54) is 19.1 Å². The van der Waals surface area contributed by atoms with E-state index in [2.05, 4.69) is 0 Å². The number of fused-ring (bicyclic) bond motifs is 1. The van der Waals surface area contributed by atoms with Crippen LogP contribution in [0.1, 0.15) is 27.7 Å². The van der Waals surface area contributed by atoms with Crippen molar-refractivity contribution in [1.29, 1.82) is 0 Å². The van der Waals surface area contributed by atoms with E-state index >= 15 is 0 Å². The molecule has 0 unspecified atom stereocenters. The molecule has 0 saturated carbocycles. The van der Waals surface area contributed by atoms with E-state index in [0.717, 1.165) is 0 Å². The van der Waals surface area contributed by atoms with Crippen molar-refractivity contribution in [1.82, 2.24) is 4.90 Å². The average molecular weight is 283 g/mol. The van der Waals surface area contributed by atoms with Crippen molar-refractivity contribution < 1.29 is 23.8 Å². The standard InChI is InChI=1S/C14H21NO5/c1-8-9(18-5)10(16)15-11(13(2,3)4)20-7-14(8,15)12(17)19-6/h11H,7H2,1-6H3/t11-,14-/m0/s1. The van der Waals surface area contributed by atoms with Crippen LogP contribution in [0.4, 0.5) is 0 Å². The first-order valence-electron chi connectivity index (χ1n) is 6.51. The number of esters is 1. The third-order valence-electron chi connectivity index (χ3n) is 3.94. The molecule has 0 aromatic rings. The Balaban J connectivity index is 2.58. The summed E-state index contributed by atoms with van der Waals surface area (Å²) in [6, 6.07) is 0. The molecule has 2 aliphatic rings. The van der Waals surface area contributed by atoms with Crippen molar-refractivity contribution in [3.8, 4) is 0 Å². The number of hydrogen-bond acceptors (Lipinski definition) is 5. The molecule has 0 aromatic carbocycles. The van der Waals surface area contributed by atoms with Crippen LogP contribution >= 0.6 is 0 Å². The van der Waals surface area contributed by atoms with Crippen molar-refractivity contribution in [2.75, 3.05) is 20.8 Å². The Kier molecular flexibility index (Phi) is 3.32. The summed E-state index contributed by atoms with van der Waals surface area (Å²) in [6.45, 7) is 7.67. The molecular formula is C14H21NO5. The van der Waals surface area contributed by atoms with Crippen LogP contribution in [0.3, 0.4) is 0 Å². The molecule has 1 fully saturated rings. The smallest absolute Gasteiger partial charge is 0.338 e. The van der Waals surface area contributed by atoms with Gasteiger partial charge in [-0.2, -0.15) is 0 Å². The molecule has 112 valence electrons. The zero-order chi connectivity index (χ0) is 15.3. The first-order valence-corrected chi connectivity index (χ1v) is 6.51. The maximum atomic E-state index is 12.6. The SMILES string of the molecule is COC(=O)[C@@]12CO[C@@H](C(C)(C)C)N1C(=O)C(OC)=C2C. The Morgan fingerprint density at radius 1 is 1.40 bits per heavy atom. The number of amides is 1. The van der Waals surface area contributed by atoms with Gasteiger partial charge in [0, 0.05) is 11.0 Å². The minimum Gasteiger partial charge on any atom is -0.491 e. The molecule has 20 heavy (non-hydrogen) atoms. The Labute approximate surface area is 118 Å². The van der Waals surface area contributed by atoms with Crippen LogP contribution < -0.4 is 0 Å². The predicted octanol–water partition coefficient (Wildman–Crippen LogP) is 1.06. The van der Waals surface area contributed by atoms with Crippen LogP contribution in [0.2, 0.25) is 0 Å². The molecule has 0 spiro atoms. The van der Waals surface area contributed by atoms with Crippen molar-refractivity contribution in [2.24, 2.45) is 5.41 Å². The third-order valence-corrected chi connectivity index (χ3v) is 3.94. The average Bonchev–Trinajstić information content (AvgIpc) is 2.86. The quantitative estimate of drug-likeness (QED) is 0.709. The summed E-state index contributed by atoms with van der Waals surface area (Å²) in [4.78, 5) is 26.4. The van der Waals surface area contributed by atoms with Gasteiger partial charge in [-0.1, -0.05) is 20.8 Å². The van der Waals surface area contributed by atoms with Gasteiger partial charge in [0.25, 0.3) is 5.91 Å². The molecule has 6 heteroatoms. The zero-order valence-corrected chi connectivity index (χ0v) is 12.8. The molecule has 2 atom stereocenters. The van der Waals surface area contributed by atoms with Gasteiger partial charge in [0.1, 0.15) is 6.23 Å². The first kappa shape index (κ1) is 14.8. The summed E-state index contributed by atoms with van der Waals surface area (Å²) in [5.74, 6) is -0.622. The number of carbonyl (C=O) groups is 2. The van der Waals surface area contributed by atoms with E-state index in [0.29, 0.717) is 5.57 Å². The van der Waals surface area contributed by atoms with E-state index < -0.39 is 17.7 Å². The van der Waals surface area contributed by atoms with Crippen molar-refractivity contribution in [3.63, 3.8) is 0 Å². The first-order chi connectivity index (χ1) is 9.21. The lowest BCUT2D eigenvalue weighted by Gasteiger charge is -2.36. The van der Waals surface area contributed by atoms with Crippen molar-refractivity contribution >= 4 is 11.9 Å². The maximum absolute atomic E-state index is 12.6. The summed E-state index contributed by atoms with van der Waals surface area (Å²) >= 11 is 0. The Bertz CT molecular complexity index is 490. The molecule has 6 nitrogen and oxygen atoms in total. The highest BCUT2D eigenvalue weighted by molar-refractivity contribution is 6.04. The normalized spacial score (nSPS) is 29.8. The molecule has 1 amide bonds. The summed E-state index contributed by atoms with van der Waals surface area (Å²) in [6.07, 6.45) is -0.503. The second-order valence-electron chi connectivity index (χ2n) is 6.21. The Morgan fingerprint density at radius 2 is 2.00 bits per heavy atom. The molecule has 2 rings (SSSR count). The molecule has 0 aromatic heterocycles. The summed E-state index contributed by atoms with van der Waals surface area (Å²) in [5, 5.41) is 0. The third kappa shape index (κ3) is 1.67. The minimum absolute atomic E-state index is 0.0893. The van der Waals surface area contributed by atoms with E-state index in [1.807, 2.05) is 20.8 Å². The molecule has 0 aliphatic carbocycles. The van der Waals surface area contributed by atoms with E-state index in [1.54, 1.807) is 6.92 Å². The van der Waals surface area contributed by atoms with Crippen LogP contribution in [-0.4, -0.2) is 49.4 Å². The highest BCUT2D eigenvalue weighted by atomic mass is 16.6.